The summed E-state index contributed by atoms with van der Waals surface area (Å²) in [6, 6.07) is 3.52. The van der Waals surface area contributed by atoms with E-state index in [2.05, 4.69) is 9.97 Å². The van der Waals surface area contributed by atoms with Crippen molar-refractivity contribution in [3.63, 3.8) is 0 Å². The number of alkyl halides is 3. The molecule has 0 bridgehead atoms. The molecule has 100 valence electrons. The average molecular weight is 267 g/mol. The molecular formula is C13H12F3N3. The molecule has 0 amide bonds. The lowest BCUT2D eigenvalue weighted by molar-refractivity contribution is -0.137. The van der Waals surface area contributed by atoms with E-state index in [4.69, 9.17) is 5.73 Å². The van der Waals surface area contributed by atoms with Gasteiger partial charge in [0.2, 0.25) is 0 Å². The summed E-state index contributed by atoms with van der Waals surface area (Å²) in [5.74, 6) is 0.443. The topological polar surface area (TPSA) is 51.8 Å². The van der Waals surface area contributed by atoms with E-state index in [-0.39, 0.29) is 0 Å². The SMILES string of the molecule is Cc1nc(C2(N)CC2)c2ccc(C(F)(F)F)cc2n1. The summed E-state index contributed by atoms with van der Waals surface area (Å²) in [4.78, 5) is 8.39. The van der Waals surface area contributed by atoms with Gasteiger partial charge in [-0.15, -0.1) is 0 Å². The molecule has 1 aliphatic carbocycles. The molecule has 1 aliphatic rings. The normalized spacial score (nSPS) is 17.7. The Morgan fingerprint density at radius 3 is 2.47 bits per heavy atom. The lowest BCUT2D eigenvalue weighted by atomic mass is 10.0. The van der Waals surface area contributed by atoms with Gasteiger partial charge < -0.3 is 5.73 Å². The highest BCUT2D eigenvalue weighted by molar-refractivity contribution is 5.83. The summed E-state index contributed by atoms with van der Waals surface area (Å²) in [7, 11) is 0. The van der Waals surface area contributed by atoms with Crippen LogP contribution in [0.1, 0.15) is 29.9 Å². The van der Waals surface area contributed by atoms with Gasteiger partial charge in [0.1, 0.15) is 5.82 Å². The molecule has 3 rings (SSSR count). The monoisotopic (exact) mass is 267 g/mol. The van der Waals surface area contributed by atoms with Crippen molar-refractivity contribution in [1.29, 1.82) is 0 Å². The summed E-state index contributed by atoms with van der Waals surface area (Å²) in [5.41, 5.74) is 5.87. The highest BCUT2D eigenvalue weighted by Crippen LogP contribution is 2.44. The van der Waals surface area contributed by atoms with Gasteiger partial charge in [0.05, 0.1) is 22.3 Å². The number of hydrogen-bond donors (Lipinski definition) is 1. The van der Waals surface area contributed by atoms with E-state index >= 15 is 0 Å². The third kappa shape index (κ3) is 2.06. The summed E-state index contributed by atoms with van der Waals surface area (Å²) in [5, 5.41) is 0.610. The van der Waals surface area contributed by atoms with Gasteiger partial charge in [0.25, 0.3) is 0 Å². The van der Waals surface area contributed by atoms with Crippen molar-refractivity contribution in [2.75, 3.05) is 0 Å². The minimum atomic E-state index is -4.37. The van der Waals surface area contributed by atoms with Crippen molar-refractivity contribution in [2.24, 2.45) is 5.73 Å². The van der Waals surface area contributed by atoms with Gasteiger partial charge in [0, 0.05) is 5.39 Å². The Morgan fingerprint density at radius 1 is 1.21 bits per heavy atom. The van der Waals surface area contributed by atoms with Crippen LogP contribution in [0.2, 0.25) is 0 Å². The fraction of sp³-hybridized carbons (Fsp3) is 0.385. The maximum Gasteiger partial charge on any atom is 0.416 e. The second-order valence-electron chi connectivity index (χ2n) is 5.01. The van der Waals surface area contributed by atoms with Crippen LogP contribution in [0.25, 0.3) is 10.9 Å². The Labute approximate surface area is 107 Å². The molecule has 2 aromatic rings. The molecule has 0 spiro atoms. The van der Waals surface area contributed by atoms with Crippen molar-refractivity contribution < 1.29 is 13.2 Å². The number of nitrogens with two attached hydrogens (primary N) is 1. The number of rotatable bonds is 1. The second kappa shape index (κ2) is 3.66. The average Bonchev–Trinajstić information content (AvgIpc) is 3.05. The number of benzene rings is 1. The summed E-state index contributed by atoms with van der Waals surface area (Å²) in [6.07, 6.45) is -2.76. The molecule has 0 unspecified atom stereocenters. The number of aryl methyl sites for hydroxylation is 1. The molecule has 0 saturated heterocycles. The van der Waals surface area contributed by atoms with Crippen LogP contribution in [0, 0.1) is 6.92 Å². The smallest absolute Gasteiger partial charge is 0.320 e. The highest BCUT2D eigenvalue weighted by Gasteiger charge is 2.43. The van der Waals surface area contributed by atoms with Gasteiger partial charge in [-0.25, -0.2) is 9.97 Å². The standard InChI is InChI=1S/C13H12F3N3/c1-7-18-10-6-8(13(14,15)16)2-3-9(10)11(19-7)12(17)4-5-12/h2-3,6H,4-5,17H2,1H3. The van der Waals surface area contributed by atoms with Crippen LogP contribution in [0.4, 0.5) is 13.2 Å². The van der Waals surface area contributed by atoms with Gasteiger partial charge in [-0.3, -0.25) is 0 Å². The zero-order chi connectivity index (χ0) is 13.8. The van der Waals surface area contributed by atoms with Crippen molar-refractivity contribution in [3.8, 4) is 0 Å². The number of halogens is 3. The Bertz CT molecular complexity index is 660. The molecular weight excluding hydrogens is 255 g/mol. The largest absolute Gasteiger partial charge is 0.416 e. The molecule has 1 saturated carbocycles. The lowest BCUT2D eigenvalue weighted by Gasteiger charge is -2.14. The number of hydrogen-bond acceptors (Lipinski definition) is 3. The predicted octanol–water partition coefficient (Wildman–Crippen LogP) is 2.90. The first-order valence-electron chi connectivity index (χ1n) is 5.95. The summed E-state index contributed by atoms with van der Waals surface area (Å²) >= 11 is 0. The number of fused-ring (bicyclic) bond motifs is 1. The van der Waals surface area contributed by atoms with Gasteiger partial charge in [-0.2, -0.15) is 13.2 Å². The fourth-order valence-corrected chi connectivity index (χ4v) is 2.17. The van der Waals surface area contributed by atoms with Crippen LogP contribution in [-0.2, 0) is 11.7 Å². The van der Waals surface area contributed by atoms with Gasteiger partial charge >= 0.3 is 6.18 Å². The van der Waals surface area contributed by atoms with E-state index in [0.717, 1.165) is 25.0 Å². The molecule has 0 radical (unpaired) electrons. The molecule has 6 heteroatoms. The third-order valence-electron chi connectivity index (χ3n) is 3.40. The Morgan fingerprint density at radius 2 is 1.89 bits per heavy atom. The van der Waals surface area contributed by atoms with Crippen LogP contribution in [0.15, 0.2) is 18.2 Å². The highest BCUT2D eigenvalue weighted by atomic mass is 19.4. The van der Waals surface area contributed by atoms with Crippen LogP contribution in [-0.4, -0.2) is 9.97 Å². The molecule has 0 aliphatic heterocycles. The number of nitrogens with zero attached hydrogens (tertiary/aromatic N) is 2. The van der Waals surface area contributed by atoms with Crippen molar-refractivity contribution in [2.45, 2.75) is 31.5 Å². The Kier molecular flexibility index (Phi) is 2.38. The quantitative estimate of drug-likeness (QED) is 0.864. The third-order valence-corrected chi connectivity index (χ3v) is 3.40. The maximum atomic E-state index is 12.7. The Balaban J connectivity index is 2.25. The van der Waals surface area contributed by atoms with Crippen molar-refractivity contribution in [3.05, 3.63) is 35.3 Å². The van der Waals surface area contributed by atoms with Crippen molar-refractivity contribution >= 4 is 10.9 Å². The molecule has 19 heavy (non-hydrogen) atoms. The first-order valence-corrected chi connectivity index (χ1v) is 5.95. The summed E-state index contributed by atoms with van der Waals surface area (Å²) in [6.45, 7) is 1.66. The van der Waals surface area contributed by atoms with E-state index < -0.39 is 17.3 Å². The Hall–Kier alpha value is -1.69. The second-order valence-corrected chi connectivity index (χ2v) is 5.01. The van der Waals surface area contributed by atoms with E-state index in [0.29, 0.717) is 22.4 Å². The molecule has 1 aromatic carbocycles. The van der Waals surface area contributed by atoms with E-state index in [1.807, 2.05) is 0 Å². The molecule has 2 N–H and O–H groups in total. The molecule has 1 fully saturated rings. The van der Waals surface area contributed by atoms with Gasteiger partial charge in [-0.1, -0.05) is 6.07 Å². The minimum Gasteiger partial charge on any atom is -0.320 e. The van der Waals surface area contributed by atoms with Crippen LogP contribution in [0.3, 0.4) is 0 Å². The fourth-order valence-electron chi connectivity index (χ4n) is 2.17. The first-order chi connectivity index (χ1) is 8.79. The molecule has 1 aromatic heterocycles. The van der Waals surface area contributed by atoms with Gasteiger partial charge in [0.15, 0.2) is 0 Å². The van der Waals surface area contributed by atoms with Crippen LogP contribution < -0.4 is 5.73 Å². The summed E-state index contributed by atoms with van der Waals surface area (Å²) < 4.78 is 38.1. The van der Waals surface area contributed by atoms with E-state index in [1.165, 1.54) is 6.07 Å². The zero-order valence-corrected chi connectivity index (χ0v) is 10.3. The maximum absolute atomic E-state index is 12.7. The molecule has 1 heterocycles. The molecule has 0 atom stereocenters. The predicted molar refractivity (Wildman–Crippen MR) is 64.4 cm³/mol. The minimum absolute atomic E-state index is 0.300. The van der Waals surface area contributed by atoms with Crippen LogP contribution in [0.5, 0.6) is 0 Å². The van der Waals surface area contributed by atoms with Crippen LogP contribution >= 0.6 is 0 Å². The first kappa shape index (κ1) is 12.3. The van der Waals surface area contributed by atoms with Gasteiger partial charge in [-0.05, 0) is 31.9 Å². The lowest BCUT2D eigenvalue weighted by Crippen LogP contribution is -2.21. The van der Waals surface area contributed by atoms with E-state index in [9.17, 15) is 13.2 Å². The number of aromatic nitrogens is 2. The molecule has 3 nitrogen and oxygen atoms in total. The van der Waals surface area contributed by atoms with Crippen molar-refractivity contribution in [1.82, 2.24) is 9.97 Å². The zero-order valence-electron chi connectivity index (χ0n) is 10.3. The van der Waals surface area contributed by atoms with E-state index in [1.54, 1.807) is 6.92 Å².